The van der Waals surface area contributed by atoms with Gasteiger partial charge in [0.1, 0.15) is 10.5 Å². The molecule has 2 aromatic rings. The molecule has 0 bridgehead atoms. The van der Waals surface area contributed by atoms with Crippen LogP contribution in [0.1, 0.15) is 5.56 Å². The number of aromatic amines is 1. The largest absolute Gasteiger partial charge is 0.416 e. The van der Waals surface area contributed by atoms with Gasteiger partial charge in [0, 0.05) is 17.5 Å². The Balaban J connectivity index is 2.59. The Bertz CT molecular complexity index is 633. The van der Waals surface area contributed by atoms with Crippen LogP contribution in [0.3, 0.4) is 0 Å². The summed E-state index contributed by atoms with van der Waals surface area (Å²) >= 11 is 4.72. The standard InChI is InChI=1S/C11H6F4N2S/c12-8-1-6(4-16-5-8)9-2-7(11(13,14)15)3-10(18)17-9/h1-5H,(H,17,18). The Morgan fingerprint density at radius 1 is 1.11 bits per heavy atom. The zero-order valence-corrected chi connectivity index (χ0v) is 9.57. The molecule has 0 amide bonds. The first-order valence-electron chi connectivity index (χ1n) is 4.79. The SMILES string of the molecule is Fc1cncc(-c2cc(C(F)(F)F)cc(=S)[nH]2)c1. The molecule has 0 aliphatic rings. The summed E-state index contributed by atoms with van der Waals surface area (Å²) in [5.41, 5.74) is -0.612. The second-order valence-electron chi connectivity index (χ2n) is 3.54. The van der Waals surface area contributed by atoms with Crippen molar-refractivity contribution in [1.29, 1.82) is 0 Å². The van der Waals surface area contributed by atoms with Gasteiger partial charge in [-0.3, -0.25) is 4.98 Å². The van der Waals surface area contributed by atoms with Crippen LogP contribution in [0.5, 0.6) is 0 Å². The van der Waals surface area contributed by atoms with E-state index < -0.39 is 17.6 Å². The van der Waals surface area contributed by atoms with Crippen LogP contribution < -0.4 is 0 Å². The van der Waals surface area contributed by atoms with Gasteiger partial charge in [0.25, 0.3) is 0 Å². The maximum atomic E-state index is 13.0. The van der Waals surface area contributed by atoms with Gasteiger partial charge in [-0.25, -0.2) is 4.39 Å². The van der Waals surface area contributed by atoms with E-state index in [0.29, 0.717) is 0 Å². The summed E-state index contributed by atoms with van der Waals surface area (Å²) in [5.74, 6) is -0.635. The highest BCUT2D eigenvalue weighted by molar-refractivity contribution is 7.71. The summed E-state index contributed by atoms with van der Waals surface area (Å²) in [5, 5.41) is 0. The highest BCUT2D eigenvalue weighted by atomic mass is 32.1. The van der Waals surface area contributed by atoms with Crippen LogP contribution in [-0.2, 0) is 6.18 Å². The van der Waals surface area contributed by atoms with Crippen LogP contribution in [0.25, 0.3) is 11.3 Å². The first-order chi connectivity index (χ1) is 8.36. The molecule has 18 heavy (non-hydrogen) atoms. The average molecular weight is 274 g/mol. The van der Waals surface area contributed by atoms with Crippen LogP contribution in [-0.4, -0.2) is 9.97 Å². The van der Waals surface area contributed by atoms with Gasteiger partial charge in [-0.05, 0) is 18.2 Å². The summed E-state index contributed by atoms with van der Waals surface area (Å²) in [6.45, 7) is 0. The molecule has 0 saturated heterocycles. The molecule has 0 atom stereocenters. The van der Waals surface area contributed by atoms with Crippen molar-refractivity contribution in [3.8, 4) is 11.3 Å². The number of hydrogen-bond acceptors (Lipinski definition) is 2. The van der Waals surface area contributed by atoms with E-state index in [1.165, 1.54) is 6.20 Å². The van der Waals surface area contributed by atoms with Gasteiger partial charge < -0.3 is 4.98 Å². The maximum Gasteiger partial charge on any atom is 0.416 e. The molecule has 0 unspecified atom stereocenters. The van der Waals surface area contributed by atoms with Gasteiger partial charge in [-0.1, -0.05) is 12.2 Å². The van der Waals surface area contributed by atoms with Gasteiger partial charge in [0.15, 0.2) is 0 Å². The van der Waals surface area contributed by atoms with Crippen LogP contribution in [0, 0.1) is 10.5 Å². The van der Waals surface area contributed by atoms with E-state index in [9.17, 15) is 17.6 Å². The molecule has 0 aliphatic carbocycles. The second kappa shape index (κ2) is 4.49. The van der Waals surface area contributed by atoms with Crippen LogP contribution >= 0.6 is 12.2 Å². The smallest absolute Gasteiger partial charge is 0.346 e. The fourth-order valence-electron chi connectivity index (χ4n) is 1.42. The van der Waals surface area contributed by atoms with Gasteiger partial charge in [0.05, 0.1) is 11.8 Å². The first kappa shape index (κ1) is 12.7. The Morgan fingerprint density at radius 3 is 2.44 bits per heavy atom. The third-order valence-corrected chi connectivity index (χ3v) is 2.41. The number of halogens is 4. The molecule has 0 spiro atoms. The van der Waals surface area contributed by atoms with E-state index in [4.69, 9.17) is 12.2 Å². The Labute approximate surface area is 104 Å². The van der Waals surface area contributed by atoms with Crippen molar-refractivity contribution in [1.82, 2.24) is 9.97 Å². The van der Waals surface area contributed by atoms with Crippen LogP contribution in [0.15, 0.2) is 30.6 Å². The Morgan fingerprint density at radius 2 is 1.83 bits per heavy atom. The van der Waals surface area contributed by atoms with Crippen LogP contribution in [0.4, 0.5) is 17.6 Å². The number of pyridine rings is 2. The van der Waals surface area contributed by atoms with Crippen molar-refractivity contribution < 1.29 is 17.6 Å². The van der Waals surface area contributed by atoms with Crippen molar-refractivity contribution >= 4 is 12.2 Å². The second-order valence-corrected chi connectivity index (χ2v) is 3.98. The summed E-state index contributed by atoms with van der Waals surface area (Å²) in [4.78, 5) is 6.14. The summed E-state index contributed by atoms with van der Waals surface area (Å²) in [6, 6.07) is 2.76. The average Bonchev–Trinajstić information content (AvgIpc) is 2.27. The molecular formula is C11H6F4N2S. The van der Waals surface area contributed by atoms with E-state index >= 15 is 0 Å². The van der Waals surface area contributed by atoms with Crippen molar-refractivity contribution in [3.05, 3.63) is 46.6 Å². The lowest BCUT2D eigenvalue weighted by Gasteiger charge is -2.09. The Hall–Kier alpha value is -1.76. The fraction of sp³-hybridized carbons (Fsp3) is 0.0909. The van der Waals surface area contributed by atoms with Gasteiger partial charge in [0.2, 0.25) is 0 Å². The van der Waals surface area contributed by atoms with E-state index in [-0.39, 0.29) is 15.9 Å². The number of nitrogens with one attached hydrogen (secondary N) is 1. The predicted octanol–water partition coefficient (Wildman–Crippen LogP) is 3.96. The van der Waals surface area contributed by atoms with E-state index in [1.54, 1.807) is 0 Å². The van der Waals surface area contributed by atoms with Crippen molar-refractivity contribution in [3.63, 3.8) is 0 Å². The summed E-state index contributed by atoms with van der Waals surface area (Å²) in [7, 11) is 0. The molecule has 1 N–H and O–H groups in total. The lowest BCUT2D eigenvalue weighted by atomic mass is 10.1. The van der Waals surface area contributed by atoms with E-state index in [2.05, 4.69) is 9.97 Å². The van der Waals surface area contributed by atoms with Crippen molar-refractivity contribution in [2.45, 2.75) is 6.18 Å². The molecule has 94 valence electrons. The molecule has 0 radical (unpaired) electrons. The quantitative estimate of drug-likeness (QED) is 0.629. The molecule has 0 aromatic carbocycles. The highest BCUT2D eigenvalue weighted by Gasteiger charge is 2.31. The monoisotopic (exact) mass is 274 g/mol. The molecule has 2 nitrogen and oxygen atoms in total. The minimum absolute atomic E-state index is 0.0711. The van der Waals surface area contributed by atoms with Gasteiger partial charge in [-0.2, -0.15) is 13.2 Å². The first-order valence-corrected chi connectivity index (χ1v) is 5.19. The zero-order chi connectivity index (χ0) is 13.3. The third kappa shape index (κ3) is 2.73. The fourth-order valence-corrected chi connectivity index (χ4v) is 1.66. The van der Waals surface area contributed by atoms with E-state index in [0.717, 1.165) is 24.4 Å². The molecule has 0 fully saturated rings. The minimum atomic E-state index is -4.50. The third-order valence-electron chi connectivity index (χ3n) is 2.19. The molecule has 2 heterocycles. The highest BCUT2D eigenvalue weighted by Crippen LogP contribution is 2.31. The number of H-pyrrole nitrogens is 1. The molecule has 2 rings (SSSR count). The van der Waals surface area contributed by atoms with Gasteiger partial charge >= 0.3 is 6.18 Å². The maximum absolute atomic E-state index is 13.0. The zero-order valence-electron chi connectivity index (χ0n) is 8.75. The minimum Gasteiger partial charge on any atom is -0.346 e. The van der Waals surface area contributed by atoms with Gasteiger partial charge in [-0.15, -0.1) is 0 Å². The molecular weight excluding hydrogens is 268 g/mol. The van der Waals surface area contributed by atoms with Crippen LogP contribution in [0.2, 0.25) is 0 Å². The lowest BCUT2D eigenvalue weighted by Crippen LogP contribution is -2.05. The lowest BCUT2D eigenvalue weighted by molar-refractivity contribution is -0.137. The number of alkyl halides is 3. The number of hydrogen-bond donors (Lipinski definition) is 1. The number of rotatable bonds is 1. The molecule has 2 aromatic heterocycles. The summed E-state index contributed by atoms with van der Waals surface area (Å²) < 4.78 is 50.7. The number of aromatic nitrogens is 2. The topological polar surface area (TPSA) is 28.7 Å². The number of nitrogens with zero attached hydrogens (tertiary/aromatic N) is 1. The van der Waals surface area contributed by atoms with Crippen molar-refractivity contribution in [2.75, 3.05) is 0 Å². The Kier molecular flexibility index (Phi) is 3.16. The molecule has 0 aliphatic heterocycles. The van der Waals surface area contributed by atoms with E-state index in [1.807, 2.05) is 0 Å². The predicted molar refractivity (Wildman–Crippen MR) is 59.8 cm³/mol. The van der Waals surface area contributed by atoms with Crippen molar-refractivity contribution in [2.24, 2.45) is 0 Å². The summed E-state index contributed by atoms with van der Waals surface area (Å²) in [6.07, 6.45) is -2.28. The normalized spacial score (nSPS) is 11.6. The molecule has 7 heteroatoms. The molecule has 0 saturated carbocycles.